The summed E-state index contributed by atoms with van der Waals surface area (Å²) in [6, 6.07) is 3.56. The van der Waals surface area contributed by atoms with Gasteiger partial charge in [0, 0.05) is 5.56 Å². The molecule has 0 spiro atoms. The maximum Gasteiger partial charge on any atom is 0.166 e. The molecule has 126 valence electrons. The molecule has 1 fully saturated rings. The maximum absolute atomic E-state index is 14.4. The van der Waals surface area contributed by atoms with Gasteiger partial charge >= 0.3 is 0 Å². The van der Waals surface area contributed by atoms with Crippen molar-refractivity contribution in [3.63, 3.8) is 0 Å². The largest absolute Gasteiger partial charge is 0.203 e. The van der Waals surface area contributed by atoms with E-state index in [1.54, 1.807) is 12.1 Å². The van der Waals surface area contributed by atoms with Gasteiger partial charge in [-0.05, 0) is 48.7 Å². The van der Waals surface area contributed by atoms with Gasteiger partial charge in [-0.2, -0.15) is 0 Å². The smallest absolute Gasteiger partial charge is 0.166 e. The van der Waals surface area contributed by atoms with Crippen LogP contribution in [0.15, 0.2) is 18.2 Å². The fourth-order valence-electron chi connectivity index (χ4n) is 4.43. The highest BCUT2D eigenvalue weighted by atomic mass is 19.2. The lowest BCUT2D eigenvalue weighted by molar-refractivity contribution is 0.235. The van der Waals surface area contributed by atoms with Gasteiger partial charge in [0.15, 0.2) is 11.6 Å². The van der Waals surface area contributed by atoms with Crippen molar-refractivity contribution in [1.29, 1.82) is 0 Å². The molecule has 2 heteroatoms. The monoisotopic (exact) mass is 318 g/mol. The van der Waals surface area contributed by atoms with E-state index in [4.69, 9.17) is 0 Å². The maximum atomic E-state index is 14.4. The number of allylic oxidation sites excluding steroid dienone is 2. The lowest BCUT2D eigenvalue weighted by Crippen LogP contribution is -2.19. The summed E-state index contributed by atoms with van der Waals surface area (Å²) in [6.07, 6.45) is 13.5. The normalized spacial score (nSPS) is 22.9. The second-order valence-electron chi connectivity index (χ2n) is 7.31. The molecule has 23 heavy (non-hydrogen) atoms. The van der Waals surface area contributed by atoms with Gasteiger partial charge in [0.2, 0.25) is 0 Å². The van der Waals surface area contributed by atoms with Crippen LogP contribution in [0.4, 0.5) is 8.78 Å². The zero-order valence-corrected chi connectivity index (χ0v) is 14.2. The van der Waals surface area contributed by atoms with Crippen molar-refractivity contribution in [2.45, 2.75) is 71.1 Å². The zero-order chi connectivity index (χ0) is 16.2. The molecule has 0 N–H and O–H groups in total. The molecule has 1 saturated carbocycles. The summed E-state index contributed by atoms with van der Waals surface area (Å²) in [7, 11) is 0. The van der Waals surface area contributed by atoms with E-state index in [-0.39, 0.29) is 0 Å². The molecule has 3 rings (SSSR count). The standard InChI is InChI=1S/C21H28F2/c1-2-6-18-13-14-19(21(23)20(18)22)17-11-9-16(10-12-17)15-7-4-3-5-8-15/h11,13-16H,2-10,12H2,1H3. The van der Waals surface area contributed by atoms with Gasteiger partial charge in [-0.3, -0.25) is 0 Å². The van der Waals surface area contributed by atoms with Crippen molar-refractivity contribution in [1.82, 2.24) is 0 Å². The number of hydrogen-bond acceptors (Lipinski definition) is 0. The molecule has 0 aromatic heterocycles. The fraction of sp³-hybridized carbons (Fsp3) is 0.619. The number of rotatable bonds is 4. The molecule has 0 saturated heterocycles. The van der Waals surface area contributed by atoms with Crippen LogP contribution in [0.25, 0.3) is 5.57 Å². The average molecular weight is 318 g/mol. The molecule has 0 bridgehead atoms. The minimum atomic E-state index is -0.640. The average Bonchev–Trinajstić information content (AvgIpc) is 2.60. The molecule has 0 radical (unpaired) electrons. The summed E-state index contributed by atoms with van der Waals surface area (Å²) in [5.74, 6) is 0.333. The molecule has 0 nitrogen and oxygen atoms in total. The van der Waals surface area contributed by atoms with Crippen molar-refractivity contribution in [2.75, 3.05) is 0 Å². The van der Waals surface area contributed by atoms with Crippen LogP contribution < -0.4 is 0 Å². The Morgan fingerprint density at radius 1 is 0.957 bits per heavy atom. The molecule has 1 aromatic carbocycles. The topological polar surface area (TPSA) is 0 Å². The Labute approximate surface area is 139 Å². The fourth-order valence-corrected chi connectivity index (χ4v) is 4.43. The predicted octanol–water partition coefficient (Wildman–Crippen LogP) is 6.68. The third-order valence-corrected chi connectivity index (χ3v) is 5.80. The molecule has 0 aliphatic heterocycles. The van der Waals surface area contributed by atoms with Gasteiger partial charge in [0.25, 0.3) is 0 Å². The number of hydrogen-bond donors (Lipinski definition) is 0. The van der Waals surface area contributed by atoms with Crippen LogP contribution in [0.1, 0.15) is 75.8 Å². The SMILES string of the molecule is CCCc1ccc(C2=CCC(C3CCCCC3)CC2)c(F)c1F. The van der Waals surface area contributed by atoms with Crippen LogP contribution in [0.3, 0.4) is 0 Å². The van der Waals surface area contributed by atoms with E-state index in [9.17, 15) is 8.78 Å². The lowest BCUT2D eigenvalue weighted by Gasteiger charge is -2.32. The molecular weight excluding hydrogens is 290 g/mol. The highest BCUT2D eigenvalue weighted by Gasteiger charge is 2.26. The summed E-state index contributed by atoms with van der Waals surface area (Å²) < 4.78 is 28.6. The number of aryl methyl sites for hydroxylation is 1. The second-order valence-corrected chi connectivity index (χ2v) is 7.31. The summed E-state index contributed by atoms with van der Waals surface area (Å²) in [4.78, 5) is 0. The number of halogens is 2. The van der Waals surface area contributed by atoms with E-state index in [2.05, 4.69) is 6.08 Å². The Kier molecular flexibility index (Phi) is 5.50. The zero-order valence-electron chi connectivity index (χ0n) is 14.2. The van der Waals surface area contributed by atoms with E-state index in [1.807, 2.05) is 6.92 Å². The highest BCUT2D eigenvalue weighted by molar-refractivity contribution is 5.67. The van der Waals surface area contributed by atoms with E-state index < -0.39 is 11.6 Å². The summed E-state index contributed by atoms with van der Waals surface area (Å²) in [6.45, 7) is 1.99. The Balaban J connectivity index is 1.73. The van der Waals surface area contributed by atoms with E-state index in [1.165, 1.54) is 32.1 Å². The van der Waals surface area contributed by atoms with Crippen LogP contribution >= 0.6 is 0 Å². The van der Waals surface area contributed by atoms with E-state index in [0.29, 0.717) is 17.5 Å². The Hall–Kier alpha value is -1.18. The molecule has 1 unspecified atom stereocenters. The van der Waals surface area contributed by atoms with Gasteiger partial charge < -0.3 is 0 Å². The minimum absolute atomic E-state index is 0.490. The van der Waals surface area contributed by atoms with Gasteiger partial charge in [-0.15, -0.1) is 0 Å². The summed E-state index contributed by atoms with van der Waals surface area (Å²) in [5, 5.41) is 0. The molecule has 0 heterocycles. The molecular formula is C21H28F2. The Bertz CT molecular complexity index is 567. The van der Waals surface area contributed by atoms with E-state index in [0.717, 1.165) is 43.1 Å². The predicted molar refractivity (Wildman–Crippen MR) is 92.2 cm³/mol. The van der Waals surface area contributed by atoms with Gasteiger partial charge in [0.05, 0.1) is 0 Å². The number of benzene rings is 1. The van der Waals surface area contributed by atoms with Crippen LogP contribution in [0, 0.1) is 23.5 Å². The highest BCUT2D eigenvalue weighted by Crippen LogP contribution is 2.40. The molecule has 2 aliphatic carbocycles. The first-order valence-corrected chi connectivity index (χ1v) is 9.37. The Morgan fingerprint density at radius 3 is 2.39 bits per heavy atom. The summed E-state index contributed by atoms with van der Waals surface area (Å²) in [5.41, 5.74) is 2.01. The van der Waals surface area contributed by atoms with Crippen molar-refractivity contribution in [3.8, 4) is 0 Å². The third-order valence-electron chi connectivity index (χ3n) is 5.80. The molecule has 1 atom stereocenters. The summed E-state index contributed by atoms with van der Waals surface area (Å²) >= 11 is 0. The first-order valence-electron chi connectivity index (χ1n) is 9.37. The lowest BCUT2D eigenvalue weighted by atomic mass is 9.73. The van der Waals surface area contributed by atoms with Crippen molar-refractivity contribution in [2.24, 2.45) is 11.8 Å². The third kappa shape index (κ3) is 3.67. The van der Waals surface area contributed by atoms with Crippen LogP contribution in [0.5, 0.6) is 0 Å². The van der Waals surface area contributed by atoms with Crippen molar-refractivity contribution in [3.05, 3.63) is 41.0 Å². The van der Waals surface area contributed by atoms with Crippen LogP contribution in [-0.2, 0) is 6.42 Å². The van der Waals surface area contributed by atoms with Gasteiger partial charge in [0.1, 0.15) is 0 Å². The van der Waals surface area contributed by atoms with Crippen molar-refractivity contribution >= 4 is 5.57 Å². The Morgan fingerprint density at radius 2 is 1.74 bits per heavy atom. The minimum Gasteiger partial charge on any atom is -0.203 e. The van der Waals surface area contributed by atoms with Crippen molar-refractivity contribution < 1.29 is 8.78 Å². The quantitative estimate of drug-likeness (QED) is 0.580. The molecule has 0 amide bonds. The molecule has 1 aromatic rings. The second kappa shape index (κ2) is 7.59. The van der Waals surface area contributed by atoms with Gasteiger partial charge in [-0.1, -0.05) is 63.7 Å². The van der Waals surface area contributed by atoms with E-state index >= 15 is 0 Å². The first kappa shape index (κ1) is 16.7. The van der Waals surface area contributed by atoms with Crippen LogP contribution in [-0.4, -0.2) is 0 Å². The van der Waals surface area contributed by atoms with Gasteiger partial charge in [-0.25, -0.2) is 8.78 Å². The van der Waals surface area contributed by atoms with Crippen LogP contribution in [0.2, 0.25) is 0 Å². The first-order chi connectivity index (χ1) is 11.2. The molecule has 2 aliphatic rings.